The van der Waals surface area contributed by atoms with Gasteiger partial charge in [-0.1, -0.05) is 23.7 Å². The maximum atomic E-state index is 5.61. The van der Waals surface area contributed by atoms with Gasteiger partial charge in [0, 0.05) is 6.20 Å². The van der Waals surface area contributed by atoms with E-state index in [9.17, 15) is 0 Å². The van der Waals surface area contributed by atoms with Gasteiger partial charge in [0.25, 0.3) is 0 Å². The number of halogens is 1. The van der Waals surface area contributed by atoms with Gasteiger partial charge in [-0.05, 0) is 11.6 Å². The van der Waals surface area contributed by atoms with Gasteiger partial charge >= 0.3 is 0 Å². The molecule has 1 aromatic rings. The molecule has 0 bridgehead atoms. The van der Waals surface area contributed by atoms with Gasteiger partial charge in [0.15, 0.2) is 0 Å². The maximum Gasteiger partial charge on any atom is 0.129 e. The summed E-state index contributed by atoms with van der Waals surface area (Å²) in [4.78, 5) is 3.92. The van der Waals surface area contributed by atoms with Crippen molar-refractivity contribution in [2.24, 2.45) is 5.84 Å². The quantitative estimate of drug-likeness (QED) is 0.323. The van der Waals surface area contributed by atoms with Crippen LogP contribution >= 0.6 is 11.6 Å². The molecule has 0 aliphatic rings. The van der Waals surface area contributed by atoms with Crippen molar-refractivity contribution in [1.29, 1.82) is 0 Å². The number of rotatable bonds is 3. The first-order chi connectivity index (χ1) is 5.77. The average molecular weight is 184 g/mol. The Morgan fingerprint density at radius 2 is 2.42 bits per heavy atom. The lowest BCUT2D eigenvalue weighted by molar-refractivity contribution is 0.654. The Bertz CT molecular complexity index is 258. The Morgan fingerprint density at radius 3 is 2.83 bits per heavy atom. The lowest BCUT2D eigenvalue weighted by Gasteiger charge is -2.09. The predicted molar refractivity (Wildman–Crippen MR) is 49.5 cm³/mol. The van der Waals surface area contributed by atoms with Gasteiger partial charge in [-0.15, -0.1) is 6.58 Å². The molecular weight excluding hydrogens is 174 g/mol. The third-order valence-electron chi connectivity index (χ3n) is 1.52. The Morgan fingerprint density at radius 1 is 1.67 bits per heavy atom. The van der Waals surface area contributed by atoms with Gasteiger partial charge in [-0.2, -0.15) is 0 Å². The van der Waals surface area contributed by atoms with Crippen LogP contribution in [0.4, 0.5) is 0 Å². The van der Waals surface area contributed by atoms with Crippen molar-refractivity contribution < 1.29 is 0 Å². The van der Waals surface area contributed by atoms with Crippen LogP contribution in [0.15, 0.2) is 31.0 Å². The van der Waals surface area contributed by atoms with Crippen LogP contribution in [-0.4, -0.2) is 4.98 Å². The number of hydrazine groups is 1. The molecule has 0 saturated carbocycles. The molecule has 3 N–H and O–H groups in total. The lowest BCUT2D eigenvalue weighted by atomic mass is 10.1. The van der Waals surface area contributed by atoms with Crippen molar-refractivity contribution >= 4 is 11.6 Å². The molecule has 0 aliphatic carbocycles. The van der Waals surface area contributed by atoms with Gasteiger partial charge in [-0.25, -0.2) is 10.4 Å². The average Bonchev–Trinajstić information content (AvgIpc) is 2.10. The van der Waals surface area contributed by atoms with E-state index in [-0.39, 0.29) is 6.04 Å². The summed E-state index contributed by atoms with van der Waals surface area (Å²) in [5.41, 5.74) is 3.53. The number of hydrogen-bond donors (Lipinski definition) is 2. The van der Waals surface area contributed by atoms with Crippen molar-refractivity contribution in [3.05, 3.63) is 41.7 Å². The van der Waals surface area contributed by atoms with Crippen molar-refractivity contribution in [2.45, 2.75) is 6.04 Å². The first kappa shape index (κ1) is 9.19. The molecule has 0 spiro atoms. The molecule has 0 saturated heterocycles. The minimum Gasteiger partial charge on any atom is -0.271 e. The van der Waals surface area contributed by atoms with Gasteiger partial charge in [0.2, 0.25) is 0 Å². The van der Waals surface area contributed by atoms with Gasteiger partial charge in [0.05, 0.1) is 6.04 Å². The first-order valence-electron chi connectivity index (χ1n) is 3.48. The largest absolute Gasteiger partial charge is 0.271 e. The zero-order chi connectivity index (χ0) is 8.97. The highest BCUT2D eigenvalue weighted by Gasteiger charge is 2.03. The second kappa shape index (κ2) is 4.21. The summed E-state index contributed by atoms with van der Waals surface area (Å²) in [5.74, 6) is 5.27. The fourth-order valence-electron chi connectivity index (χ4n) is 0.872. The third kappa shape index (κ3) is 2.04. The van der Waals surface area contributed by atoms with Crippen LogP contribution in [0.25, 0.3) is 0 Å². The Labute approximate surface area is 76.2 Å². The fraction of sp³-hybridized carbons (Fsp3) is 0.125. The van der Waals surface area contributed by atoms with Crippen molar-refractivity contribution in [3.63, 3.8) is 0 Å². The van der Waals surface area contributed by atoms with Crippen LogP contribution in [0.5, 0.6) is 0 Å². The van der Waals surface area contributed by atoms with Crippen LogP contribution in [0.1, 0.15) is 11.6 Å². The summed E-state index contributed by atoms with van der Waals surface area (Å²) in [7, 11) is 0. The minimum atomic E-state index is -0.0743. The fourth-order valence-corrected chi connectivity index (χ4v) is 0.983. The molecule has 0 amide bonds. The highest BCUT2D eigenvalue weighted by Crippen LogP contribution is 2.13. The zero-order valence-electron chi connectivity index (χ0n) is 6.50. The van der Waals surface area contributed by atoms with E-state index in [4.69, 9.17) is 17.4 Å². The normalized spacial score (nSPS) is 12.5. The molecule has 1 atom stereocenters. The molecule has 12 heavy (non-hydrogen) atoms. The van der Waals surface area contributed by atoms with Crippen molar-refractivity contribution in [1.82, 2.24) is 10.4 Å². The molecule has 0 radical (unpaired) electrons. The minimum absolute atomic E-state index is 0.0743. The zero-order valence-corrected chi connectivity index (χ0v) is 7.25. The van der Waals surface area contributed by atoms with Crippen LogP contribution < -0.4 is 11.3 Å². The van der Waals surface area contributed by atoms with Gasteiger partial charge in [-0.3, -0.25) is 5.84 Å². The predicted octanol–water partition coefficient (Wildman–Crippen LogP) is 1.43. The molecule has 3 nitrogen and oxygen atoms in total. The monoisotopic (exact) mass is 183 g/mol. The lowest BCUT2D eigenvalue weighted by Crippen LogP contribution is -2.26. The topological polar surface area (TPSA) is 50.9 Å². The number of aromatic nitrogens is 1. The second-order valence-corrected chi connectivity index (χ2v) is 2.68. The molecule has 1 unspecified atom stereocenters. The van der Waals surface area contributed by atoms with Crippen molar-refractivity contribution in [3.8, 4) is 0 Å². The van der Waals surface area contributed by atoms with Crippen LogP contribution in [0.3, 0.4) is 0 Å². The second-order valence-electron chi connectivity index (χ2n) is 2.29. The maximum absolute atomic E-state index is 5.61. The van der Waals surface area contributed by atoms with Crippen LogP contribution in [0.2, 0.25) is 5.15 Å². The number of pyridine rings is 1. The molecule has 1 rings (SSSR count). The summed E-state index contributed by atoms with van der Waals surface area (Å²) in [6.07, 6.45) is 3.36. The van der Waals surface area contributed by atoms with Gasteiger partial charge < -0.3 is 0 Å². The molecule has 0 aliphatic heterocycles. The van der Waals surface area contributed by atoms with E-state index in [2.05, 4.69) is 17.0 Å². The summed E-state index contributed by atoms with van der Waals surface area (Å²) in [5, 5.41) is 0.471. The molecule has 4 heteroatoms. The van der Waals surface area contributed by atoms with Crippen molar-refractivity contribution in [2.75, 3.05) is 0 Å². The van der Waals surface area contributed by atoms with Crippen LogP contribution in [-0.2, 0) is 0 Å². The summed E-state index contributed by atoms with van der Waals surface area (Å²) < 4.78 is 0. The molecule has 1 aromatic heterocycles. The molecular formula is C8H10ClN3. The third-order valence-corrected chi connectivity index (χ3v) is 1.75. The Balaban J connectivity index is 2.87. The van der Waals surface area contributed by atoms with E-state index >= 15 is 0 Å². The Hall–Kier alpha value is -0.900. The summed E-state index contributed by atoms with van der Waals surface area (Å²) in [6.45, 7) is 3.63. The summed E-state index contributed by atoms with van der Waals surface area (Å²) in [6, 6.07) is 3.49. The van der Waals surface area contributed by atoms with E-state index in [0.29, 0.717) is 5.15 Å². The van der Waals surface area contributed by atoms with Gasteiger partial charge in [0.1, 0.15) is 5.15 Å². The van der Waals surface area contributed by atoms with E-state index in [1.165, 1.54) is 0 Å². The summed E-state index contributed by atoms with van der Waals surface area (Å²) >= 11 is 5.61. The standard InChI is InChI=1S/C8H10ClN3/c1-2-7(12-10)6-3-4-8(9)11-5-6/h2-5,7,12H,1,10H2. The Kier molecular flexibility index (Phi) is 3.22. The smallest absolute Gasteiger partial charge is 0.129 e. The van der Waals surface area contributed by atoms with Crippen LogP contribution in [0, 0.1) is 0 Å². The molecule has 1 heterocycles. The number of hydrogen-bond acceptors (Lipinski definition) is 3. The number of nitrogens with zero attached hydrogens (tertiary/aromatic N) is 1. The van der Waals surface area contributed by atoms with E-state index in [1.807, 2.05) is 6.07 Å². The number of nitrogens with one attached hydrogen (secondary N) is 1. The highest BCUT2D eigenvalue weighted by atomic mass is 35.5. The van der Waals surface area contributed by atoms with E-state index < -0.39 is 0 Å². The van der Waals surface area contributed by atoms with E-state index in [0.717, 1.165) is 5.56 Å². The first-order valence-corrected chi connectivity index (χ1v) is 3.86. The molecule has 0 aromatic carbocycles. The number of nitrogens with two attached hydrogens (primary N) is 1. The highest BCUT2D eigenvalue weighted by molar-refractivity contribution is 6.29. The van der Waals surface area contributed by atoms with E-state index in [1.54, 1.807) is 18.3 Å². The molecule has 0 fully saturated rings. The SMILES string of the molecule is C=CC(NN)c1ccc(Cl)nc1. The molecule has 64 valence electrons.